The van der Waals surface area contributed by atoms with Crippen molar-refractivity contribution in [3.05, 3.63) is 63.7 Å². The summed E-state index contributed by atoms with van der Waals surface area (Å²) in [4.78, 5) is 43.7. The van der Waals surface area contributed by atoms with Crippen LogP contribution < -0.4 is 15.0 Å². The van der Waals surface area contributed by atoms with Crippen molar-refractivity contribution in [1.82, 2.24) is 15.1 Å². The van der Waals surface area contributed by atoms with Gasteiger partial charge in [0.05, 0.1) is 30.5 Å². The third kappa shape index (κ3) is 5.45. The van der Waals surface area contributed by atoms with Crippen LogP contribution >= 0.6 is 0 Å². The highest BCUT2D eigenvalue weighted by Gasteiger charge is 2.42. The molecule has 202 valence electrons. The van der Waals surface area contributed by atoms with Crippen LogP contribution in [0.2, 0.25) is 0 Å². The van der Waals surface area contributed by atoms with Crippen LogP contribution in [0.1, 0.15) is 24.0 Å². The summed E-state index contributed by atoms with van der Waals surface area (Å²) >= 11 is 0. The van der Waals surface area contributed by atoms with Crippen LogP contribution in [0.25, 0.3) is 0 Å². The normalized spacial score (nSPS) is 21.0. The predicted molar refractivity (Wildman–Crippen MR) is 143 cm³/mol. The summed E-state index contributed by atoms with van der Waals surface area (Å²) in [5.74, 6) is 0.490. The third-order valence-corrected chi connectivity index (χ3v) is 8.03. The van der Waals surface area contributed by atoms with Gasteiger partial charge in [0.1, 0.15) is 5.75 Å². The van der Waals surface area contributed by atoms with Crippen molar-refractivity contribution < 1.29 is 19.2 Å². The van der Waals surface area contributed by atoms with Crippen LogP contribution in [0.15, 0.2) is 42.5 Å². The second kappa shape index (κ2) is 11.4. The number of carbonyl (C=O) groups excluding carboxylic acids is 2. The van der Waals surface area contributed by atoms with Crippen LogP contribution in [-0.2, 0) is 22.4 Å². The van der Waals surface area contributed by atoms with Gasteiger partial charge in [-0.3, -0.25) is 24.6 Å². The van der Waals surface area contributed by atoms with E-state index in [-0.39, 0.29) is 29.5 Å². The van der Waals surface area contributed by atoms with Gasteiger partial charge >= 0.3 is 0 Å². The number of para-hydroxylation sites is 1. The van der Waals surface area contributed by atoms with Crippen LogP contribution in [0.3, 0.4) is 0 Å². The summed E-state index contributed by atoms with van der Waals surface area (Å²) in [7, 11) is 1.63. The quantitative estimate of drug-likeness (QED) is 0.419. The number of amides is 2. The minimum Gasteiger partial charge on any atom is -0.496 e. The Kier molecular flexibility index (Phi) is 7.78. The maximum Gasteiger partial charge on any atom is 0.269 e. The summed E-state index contributed by atoms with van der Waals surface area (Å²) in [6.45, 7) is 4.43. The van der Waals surface area contributed by atoms with Crippen molar-refractivity contribution in [3.8, 4) is 5.75 Å². The summed E-state index contributed by atoms with van der Waals surface area (Å²) in [5, 5.41) is 14.5. The van der Waals surface area contributed by atoms with Crippen molar-refractivity contribution >= 4 is 23.2 Å². The number of carbonyl (C=O) groups is 2. The fourth-order valence-corrected chi connectivity index (χ4v) is 6.04. The second-order valence-electron chi connectivity index (χ2n) is 10.3. The molecule has 10 nitrogen and oxygen atoms in total. The van der Waals surface area contributed by atoms with Crippen molar-refractivity contribution in [1.29, 1.82) is 0 Å². The molecule has 10 heteroatoms. The van der Waals surface area contributed by atoms with Gasteiger partial charge in [-0.2, -0.15) is 0 Å². The molecule has 2 atom stereocenters. The van der Waals surface area contributed by atoms with E-state index >= 15 is 0 Å². The number of benzene rings is 2. The number of nitro benzene ring substituents is 1. The van der Waals surface area contributed by atoms with Gasteiger partial charge < -0.3 is 19.9 Å². The van der Waals surface area contributed by atoms with E-state index in [4.69, 9.17) is 4.74 Å². The fourth-order valence-electron chi connectivity index (χ4n) is 6.04. The molecule has 0 aliphatic carbocycles. The minimum absolute atomic E-state index is 0.0346. The zero-order valence-corrected chi connectivity index (χ0v) is 21.8. The van der Waals surface area contributed by atoms with Gasteiger partial charge in [-0.05, 0) is 48.9 Å². The molecule has 3 aliphatic heterocycles. The molecule has 0 unspecified atom stereocenters. The van der Waals surface area contributed by atoms with Crippen LogP contribution in [0.4, 0.5) is 11.4 Å². The number of ether oxygens (including phenoxy) is 1. The number of nitrogens with zero attached hydrogens (tertiary/aromatic N) is 4. The van der Waals surface area contributed by atoms with Crippen LogP contribution in [0.5, 0.6) is 5.75 Å². The molecular formula is C28H35N5O5. The molecule has 0 aromatic heterocycles. The number of hydrogen-bond acceptors (Lipinski definition) is 7. The first-order valence-electron chi connectivity index (χ1n) is 13.4. The zero-order valence-electron chi connectivity index (χ0n) is 21.8. The number of anilines is 1. The maximum absolute atomic E-state index is 13.6. The summed E-state index contributed by atoms with van der Waals surface area (Å²) in [6.07, 6.45) is 3.17. The molecule has 0 bridgehead atoms. The molecule has 2 aromatic rings. The Balaban J connectivity index is 1.32. The Bertz CT molecular complexity index is 1200. The molecule has 0 saturated carbocycles. The molecule has 2 amide bonds. The second-order valence-corrected chi connectivity index (χ2v) is 10.3. The van der Waals surface area contributed by atoms with E-state index in [2.05, 4.69) is 15.1 Å². The molecule has 0 radical (unpaired) electrons. The molecule has 2 saturated heterocycles. The highest BCUT2D eigenvalue weighted by Crippen LogP contribution is 2.38. The molecule has 5 rings (SSSR count). The smallest absolute Gasteiger partial charge is 0.269 e. The molecular weight excluding hydrogens is 486 g/mol. The van der Waals surface area contributed by atoms with Crippen LogP contribution in [0, 0.1) is 16.0 Å². The van der Waals surface area contributed by atoms with E-state index in [1.807, 2.05) is 29.2 Å². The number of hydrogen-bond donors (Lipinski definition) is 1. The lowest BCUT2D eigenvalue weighted by Crippen LogP contribution is -2.62. The average molecular weight is 522 g/mol. The van der Waals surface area contributed by atoms with Gasteiger partial charge in [-0.1, -0.05) is 18.2 Å². The first kappa shape index (κ1) is 26.0. The SMILES string of the molecule is COc1ccccc1CCNC(=O)[C@H]1Cc2cc([N+](=O)[O-])ccc2N2CCN(CC(=O)N3CCCC3)C[C@H]12. The number of likely N-dealkylation sites (tertiary alicyclic amines) is 1. The summed E-state index contributed by atoms with van der Waals surface area (Å²) < 4.78 is 5.43. The Morgan fingerprint density at radius 1 is 1.11 bits per heavy atom. The predicted octanol–water partition coefficient (Wildman–Crippen LogP) is 2.25. The lowest BCUT2D eigenvalue weighted by molar-refractivity contribution is -0.384. The van der Waals surface area contributed by atoms with E-state index in [0.717, 1.165) is 48.5 Å². The van der Waals surface area contributed by atoms with Gasteiger partial charge in [0.15, 0.2) is 0 Å². The van der Waals surface area contributed by atoms with E-state index in [1.165, 1.54) is 6.07 Å². The van der Waals surface area contributed by atoms with Crippen molar-refractivity contribution in [2.24, 2.45) is 5.92 Å². The lowest BCUT2D eigenvalue weighted by atomic mass is 9.83. The van der Waals surface area contributed by atoms with Gasteiger partial charge in [0, 0.05) is 57.1 Å². The number of nitrogens with one attached hydrogen (secondary N) is 1. The van der Waals surface area contributed by atoms with Gasteiger partial charge in [0.25, 0.3) is 5.69 Å². The van der Waals surface area contributed by atoms with Gasteiger partial charge in [0.2, 0.25) is 11.8 Å². The Hall–Kier alpha value is -3.66. The van der Waals surface area contributed by atoms with Crippen LogP contribution in [-0.4, -0.2) is 85.5 Å². The third-order valence-electron chi connectivity index (χ3n) is 8.03. The monoisotopic (exact) mass is 521 g/mol. The Morgan fingerprint density at radius 2 is 1.89 bits per heavy atom. The first-order valence-corrected chi connectivity index (χ1v) is 13.4. The van der Waals surface area contributed by atoms with Gasteiger partial charge in [-0.25, -0.2) is 0 Å². The molecule has 0 spiro atoms. The minimum atomic E-state index is -0.392. The van der Waals surface area contributed by atoms with Crippen molar-refractivity contribution in [2.75, 3.05) is 57.8 Å². The van der Waals surface area contributed by atoms with Crippen molar-refractivity contribution in [2.45, 2.75) is 31.7 Å². The maximum atomic E-state index is 13.6. The Labute approximate surface area is 222 Å². The number of methoxy groups -OCH3 is 1. The molecule has 3 aliphatic rings. The number of piperazine rings is 1. The standard InChI is InChI=1S/C28H35N5O5/c1-38-26-7-3-2-6-20(26)10-11-29-28(35)23-17-21-16-22(33(36)37)8-9-24(21)32-15-14-30(18-25(23)32)19-27(34)31-12-4-5-13-31/h2-3,6-9,16,23,25H,4-5,10-15,17-19H2,1H3,(H,29,35)/t23-,25+/m0/s1. The molecule has 1 N–H and O–H groups in total. The summed E-state index contributed by atoms with van der Waals surface area (Å²) in [5.41, 5.74) is 2.82. The van der Waals surface area contributed by atoms with E-state index in [9.17, 15) is 19.7 Å². The molecule has 2 aromatic carbocycles. The molecule has 38 heavy (non-hydrogen) atoms. The van der Waals surface area contributed by atoms with Crippen molar-refractivity contribution in [3.63, 3.8) is 0 Å². The first-order chi connectivity index (χ1) is 18.4. The number of non-ortho nitro benzene ring substituents is 1. The molecule has 3 heterocycles. The summed E-state index contributed by atoms with van der Waals surface area (Å²) in [6, 6.07) is 12.6. The van der Waals surface area contributed by atoms with E-state index in [1.54, 1.807) is 19.2 Å². The van der Waals surface area contributed by atoms with Gasteiger partial charge in [-0.15, -0.1) is 0 Å². The average Bonchev–Trinajstić information content (AvgIpc) is 3.48. The number of rotatable bonds is 8. The fraction of sp³-hybridized carbons (Fsp3) is 0.500. The highest BCUT2D eigenvalue weighted by molar-refractivity contribution is 5.82. The number of nitro groups is 1. The molecule has 2 fully saturated rings. The van der Waals surface area contributed by atoms with E-state index in [0.29, 0.717) is 45.6 Å². The lowest BCUT2D eigenvalue weighted by Gasteiger charge is -2.49. The highest BCUT2D eigenvalue weighted by atomic mass is 16.6. The van der Waals surface area contributed by atoms with E-state index < -0.39 is 4.92 Å². The zero-order chi connectivity index (χ0) is 26.6. The topological polar surface area (TPSA) is 108 Å². The Morgan fingerprint density at radius 3 is 2.66 bits per heavy atom. The largest absolute Gasteiger partial charge is 0.496 e. The number of fused-ring (bicyclic) bond motifs is 3.